The smallest absolute Gasteiger partial charge is 0.308 e. The summed E-state index contributed by atoms with van der Waals surface area (Å²) in [7, 11) is 1.53. The van der Waals surface area contributed by atoms with Crippen molar-refractivity contribution in [2.45, 2.75) is 19.8 Å². The van der Waals surface area contributed by atoms with Crippen LogP contribution in [0.4, 0.5) is 0 Å². The van der Waals surface area contributed by atoms with Crippen LogP contribution in [-0.2, 0) is 11.2 Å². The quantitative estimate of drug-likeness (QED) is 0.570. The van der Waals surface area contributed by atoms with Crippen LogP contribution >= 0.6 is 0 Å². The molecule has 0 aliphatic heterocycles. The van der Waals surface area contributed by atoms with Gasteiger partial charge >= 0.3 is 5.97 Å². The van der Waals surface area contributed by atoms with Gasteiger partial charge in [0.1, 0.15) is 5.75 Å². The molecule has 0 heterocycles. The molecule has 0 fully saturated rings. The first-order valence-electron chi connectivity index (χ1n) is 9.47. The van der Waals surface area contributed by atoms with E-state index in [9.17, 15) is 19.5 Å². The van der Waals surface area contributed by atoms with E-state index in [-0.39, 0.29) is 18.9 Å². The Hall–Kier alpha value is -3.35. The highest BCUT2D eigenvalue weighted by atomic mass is 16.5. The van der Waals surface area contributed by atoms with Gasteiger partial charge in [0.15, 0.2) is 0 Å². The molecule has 0 aromatic heterocycles. The minimum atomic E-state index is -1.01. The van der Waals surface area contributed by atoms with Gasteiger partial charge in [0, 0.05) is 24.2 Å². The number of hydrogen-bond acceptors (Lipinski definition) is 4. The van der Waals surface area contributed by atoms with Gasteiger partial charge in [0.2, 0.25) is 0 Å². The SMILES string of the molecule is CCCNC(=O)c1cccc(C(=O)NCC(Cc2ccccc2OC)C(=O)O)c1. The van der Waals surface area contributed by atoms with Crippen LogP contribution in [0.3, 0.4) is 0 Å². The predicted molar refractivity (Wildman–Crippen MR) is 109 cm³/mol. The molecule has 0 radical (unpaired) electrons. The first-order valence-corrected chi connectivity index (χ1v) is 9.47. The molecule has 0 spiro atoms. The van der Waals surface area contributed by atoms with Gasteiger partial charge in [-0.3, -0.25) is 14.4 Å². The van der Waals surface area contributed by atoms with Crippen molar-refractivity contribution in [1.29, 1.82) is 0 Å². The van der Waals surface area contributed by atoms with E-state index in [1.807, 2.05) is 19.1 Å². The summed E-state index contributed by atoms with van der Waals surface area (Å²) in [5.41, 5.74) is 1.44. The van der Waals surface area contributed by atoms with Crippen LogP contribution in [0.1, 0.15) is 39.6 Å². The fraction of sp³-hybridized carbons (Fsp3) is 0.318. The second-order valence-electron chi connectivity index (χ2n) is 6.60. The van der Waals surface area contributed by atoms with E-state index in [1.54, 1.807) is 30.3 Å². The Morgan fingerprint density at radius 3 is 2.28 bits per heavy atom. The van der Waals surface area contributed by atoms with Crippen molar-refractivity contribution in [3.8, 4) is 5.75 Å². The van der Waals surface area contributed by atoms with E-state index >= 15 is 0 Å². The number of carbonyl (C=O) groups is 3. The summed E-state index contributed by atoms with van der Waals surface area (Å²) < 4.78 is 5.27. The summed E-state index contributed by atoms with van der Waals surface area (Å²) in [6, 6.07) is 13.5. The van der Waals surface area contributed by atoms with Crippen molar-refractivity contribution < 1.29 is 24.2 Å². The van der Waals surface area contributed by atoms with Gasteiger partial charge in [-0.25, -0.2) is 0 Å². The minimum absolute atomic E-state index is 0.0432. The molecule has 2 aromatic carbocycles. The van der Waals surface area contributed by atoms with Crippen molar-refractivity contribution >= 4 is 17.8 Å². The normalized spacial score (nSPS) is 11.4. The molecular weight excluding hydrogens is 372 g/mol. The monoisotopic (exact) mass is 398 g/mol. The molecule has 29 heavy (non-hydrogen) atoms. The highest BCUT2D eigenvalue weighted by Gasteiger charge is 2.21. The average Bonchev–Trinajstić information content (AvgIpc) is 2.74. The highest BCUT2D eigenvalue weighted by molar-refractivity contribution is 5.99. The number of aliphatic carboxylic acids is 1. The third-order valence-electron chi connectivity index (χ3n) is 4.44. The molecule has 1 unspecified atom stereocenters. The van der Waals surface area contributed by atoms with Crippen molar-refractivity contribution in [3.63, 3.8) is 0 Å². The van der Waals surface area contributed by atoms with Crippen LogP contribution in [0.5, 0.6) is 5.75 Å². The van der Waals surface area contributed by atoms with E-state index in [4.69, 9.17) is 4.74 Å². The maximum absolute atomic E-state index is 12.5. The summed E-state index contributed by atoms with van der Waals surface area (Å²) >= 11 is 0. The zero-order valence-corrected chi connectivity index (χ0v) is 16.6. The van der Waals surface area contributed by atoms with Crippen molar-refractivity contribution in [3.05, 3.63) is 65.2 Å². The molecule has 154 valence electrons. The Kier molecular flexibility index (Phi) is 8.21. The van der Waals surface area contributed by atoms with Gasteiger partial charge in [-0.1, -0.05) is 31.2 Å². The zero-order valence-electron chi connectivity index (χ0n) is 16.6. The molecular formula is C22H26N2O5. The van der Waals surface area contributed by atoms with Crippen LogP contribution < -0.4 is 15.4 Å². The van der Waals surface area contributed by atoms with Crippen LogP contribution in [0.2, 0.25) is 0 Å². The lowest BCUT2D eigenvalue weighted by molar-refractivity contribution is -0.141. The molecule has 2 amide bonds. The number of benzene rings is 2. The van der Waals surface area contributed by atoms with Gasteiger partial charge in [-0.15, -0.1) is 0 Å². The number of carboxylic acid groups (broad SMARTS) is 1. The molecule has 7 nitrogen and oxygen atoms in total. The maximum atomic E-state index is 12.5. The zero-order chi connectivity index (χ0) is 21.2. The number of carboxylic acids is 1. The number of nitrogens with one attached hydrogen (secondary N) is 2. The Morgan fingerprint density at radius 1 is 1.00 bits per heavy atom. The fourth-order valence-corrected chi connectivity index (χ4v) is 2.84. The van der Waals surface area contributed by atoms with Crippen molar-refractivity contribution in [2.75, 3.05) is 20.2 Å². The van der Waals surface area contributed by atoms with Gasteiger partial charge < -0.3 is 20.5 Å². The molecule has 0 bridgehead atoms. The lowest BCUT2D eigenvalue weighted by Gasteiger charge is -2.15. The molecule has 0 aliphatic carbocycles. The Morgan fingerprint density at radius 2 is 1.66 bits per heavy atom. The number of para-hydroxylation sites is 1. The number of methoxy groups -OCH3 is 1. The van der Waals surface area contributed by atoms with Crippen molar-refractivity contribution in [1.82, 2.24) is 10.6 Å². The van der Waals surface area contributed by atoms with Crippen LogP contribution in [-0.4, -0.2) is 43.1 Å². The van der Waals surface area contributed by atoms with Crippen molar-refractivity contribution in [2.24, 2.45) is 5.92 Å². The molecule has 0 aliphatic rings. The lowest BCUT2D eigenvalue weighted by Crippen LogP contribution is -2.34. The fourth-order valence-electron chi connectivity index (χ4n) is 2.84. The Labute approximate surface area is 170 Å². The van der Waals surface area contributed by atoms with E-state index < -0.39 is 17.8 Å². The standard InChI is InChI=1S/C22H26N2O5/c1-3-11-23-20(25)16-8-6-9-17(13-16)21(26)24-14-18(22(27)28)12-15-7-4-5-10-19(15)29-2/h4-10,13,18H,3,11-12,14H2,1-2H3,(H,23,25)(H,24,26)(H,27,28). The van der Waals surface area contributed by atoms with Gasteiger partial charge in [0.25, 0.3) is 11.8 Å². The Balaban J connectivity index is 2.03. The predicted octanol–water partition coefficient (Wildman–Crippen LogP) is 2.51. The number of hydrogen-bond donors (Lipinski definition) is 3. The summed E-state index contributed by atoms with van der Waals surface area (Å²) in [5, 5.41) is 14.9. The number of ether oxygens (including phenoxy) is 1. The van der Waals surface area contributed by atoms with E-state index in [0.717, 1.165) is 12.0 Å². The molecule has 0 saturated carbocycles. The second kappa shape index (κ2) is 10.8. The summed E-state index contributed by atoms with van der Waals surface area (Å²) in [5.74, 6) is -1.89. The van der Waals surface area contributed by atoms with Crippen LogP contribution in [0.25, 0.3) is 0 Å². The van der Waals surface area contributed by atoms with Crippen LogP contribution in [0, 0.1) is 5.92 Å². The first kappa shape index (κ1) is 21.9. The summed E-state index contributed by atoms with van der Waals surface area (Å²) in [4.78, 5) is 36.2. The number of carbonyl (C=O) groups excluding carboxylic acids is 2. The van der Waals surface area contributed by atoms with E-state index in [1.165, 1.54) is 13.2 Å². The molecule has 1 atom stereocenters. The van der Waals surface area contributed by atoms with Gasteiger partial charge in [-0.2, -0.15) is 0 Å². The van der Waals surface area contributed by atoms with E-state index in [0.29, 0.717) is 23.4 Å². The molecule has 2 aromatic rings. The molecule has 7 heteroatoms. The van der Waals surface area contributed by atoms with Gasteiger partial charge in [-0.05, 0) is 42.7 Å². The summed E-state index contributed by atoms with van der Waals surface area (Å²) in [6.07, 6.45) is 1.04. The largest absolute Gasteiger partial charge is 0.496 e. The third-order valence-corrected chi connectivity index (χ3v) is 4.44. The topological polar surface area (TPSA) is 105 Å². The second-order valence-corrected chi connectivity index (χ2v) is 6.60. The summed E-state index contributed by atoms with van der Waals surface area (Å²) in [6.45, 7) is 2.46. The lowest BCUT2D eigenvalue weighted by atomic mass is 9.98. The minimum Gasteiger partial charge on any atom is -0.496 e. The van der Waals surface area contributed by atoms with E-state index in [2.05, 4.69) is 10.6 Å². The molecule has 2 rings (SSSR count). The number of rotatable bonds is 10. The van der Waals surface area contributed by atoms with Crippen LogP contribution in [0.15, 0.2) is 48.5 Å². The van der Waals surface area contributed by atoms with Gasteiger partial charge in [0.05, 0.1) is 13.0 Å². The highest BCUT2D eigenvalue weighted by Crippen LogP contribution is 2.21. The molecule has 0 saturated heterocycles. The maximum Gasteiger partial charge on any atom is 0.308 e. The first-order chi connectivity index (χ1) is 14.0. The number of amides is 2. The third kappa shape index (κ3) is 6.34. The average molecular weight is 398 g/mol. The Bertz CT molecular complexity index is 866. The molecule has 3 N–H and O–H groups in total.